The van der Waals surface area contributed by atoms with Crippen LogP contribution in [0.2, 0.25) is 0 Å². The number of anilines is 1. The second-order valence-electron chi connectivity index (χ2n) is 4.60. The number of para-hydroxylation sites is 1. The van der Waals surface area contributed by atoms with Gasteiger partial charge in [-0.1, -0.05) is 46.3 Å². The second kappa shape index (κ2) is 6.60. The highest BCUT2D eigenvalue weighted by Gasteiger charge is 2.23. The average Bonchev–Trinajstić information content (AvgIpc) is 2.49. The van der Waals surface area contributed by atoms with E-state index in [0.717, 1.165) is 10.0 Å². The van der Waals surface area contributed by atoms with Crippen molar-refractivity contribution < 1.29 is 8.42 Å². The summed E-state index contributed by atoms with van der Waals surface area (Å²) in [5, 5.41) is 2.92. The number of nitrogens with one attached hydrogen (secondary N) is 1. The molecule has 1 N–H and O–H groups in total. The van der Waals surface area contributed by atoms with Crippen molar-refractivity contribution in [3.8, 4) is 0 Å². The Morgan fingerprint density at radius 2 is 1.71 bits per heavy atom. The molecule has 2 rings (SSSR count). The summed E-state index contributed by atoms with van der Waals surface area (Å²) in [6.45, 7) is 0.307. The number of hydrogen-bond donors (Lipinski definition) is 1. The third kappa shape index (κ3) is 3.45. The summed E-state index contributed by atoms with van der Waals surface area (Å²) in [5.74, 6) is 0. The summed E-state index contributed by atoms with van der Waals surface area (Å²) in [6.07, 6.45) is 0. The number of halogens is 1. The number of rotatable bonds is 5. The number of sulfonamides is 1. The van der Waals surface area contributed by atoms with Crippen LogP contribution in [0.4, 0.5) is 5.69 Å². The van der Waals surface area contributed by atoms with Gasteiger partial charge in [0.1, 0.15) is 4.90 Å². The third-order valence-electron chi connectivity index (χ3n) is 3.20. The van der Waals surface area contributed by atoms with E-state index in [1.165, 1.54) is 4.31 Å². The largest absolute Gasteiger partial charge is 0.387 e. The molecule has 4 nitrogen and oxygen atoms in total. The highest BCUT2D eigenvalue weighted by molar-refractivity contribution is 9.10. The minimum atomic E-state index is -3.55. The van der Waals surface area contributed by atoms with Crippen LogP contribution in [0, 0.1) is 0 Å². The summed E-state index contributed by atoms with van der Waals surface area (Å²) in [7, 11) is -0.252. The Hall–Kier alpha value is -1.37. The van der Waals surface area contributed by atoms with Crippen molar-refractivity contribution in [2.45, 2.75) is 11.4 Å². The third-order valence-corrected chi connectivity index (χ3v) is 5.83. The van der Waals surface area contributed by atoms with Gasteiger partial charge >= 0.3 is 0 Å². The SMILES string of the molecule is CNc1ccccc1S(=O)(=O)N(C)Cc1ccccc1Br. The van der Waals surface area contributed by atoms with Gasteiger partial charge in [0.2, 0.25) is 10.0 Å². The molecule has 0 saturated heterocycles. The van der Waals surface area contributed by atoms with E-state index in [4.69, 9.17) is 0 Å². The minimum absolute atomic E-state index is 0.280. The molecule has 6 heteroatoms. The van der Waals surface area contributed by atoms with E-state index in [-0.39, 0.29) is 4.90 Å². The molecule has 0 saturated carbocycles. The fourth-order valence-electron chi connectivity index (χ4n) is 2.02. The van der Waals surface area contributed by atoms with Gasteiger partial charge in [-0.3, -0.25) is 0 Å². The van der Waals surface area contributed by atoms with Crippen molar-refractivity contribution in [3.05, 3.63) is 58.6 Å². The lowest BCUT2D eigenvalue weighted by Gasteiger charge is -2.19. The van der Waals surface area contributed by atoms with Crippen LogP contribution in [0.15, 0.2) is 57.9 Å². The maximum atomic E-state index is 12.7. The summed E-state index contributed by atoms with van der Waals surface area (Å²) in [6, 6.07) is 14.5. The van der Waals surface area contributed by atoms with Gasteiger partial charge in [-0.2, -0.15) is 4.31 Å². The molecule has 0 bridgehead atoms. The van der Waals surface area contributed by atoms with Gasteiger partial charge in [0.15, 0.2) is 0 Å². The summed E-state index contributed by atoms with van der Waals surface area (Å²) >= 11 is 3.44. The van der Waals surface area contributed by atoms with E-state index in [1.54, 1.807) is 38.4 Å². The average molecular weight is 369 g/mol. The Morgan fingerprint density at radius 1 is 1.10 bits per heavy atom. The Balaban J connectivity index is 2.33. The van der Waals surface area contributed by atoms with Gasteiger partial charge in [0.05, 0.1) is 5.69 Å². The van der Waals surface area contributed by atoms with E-state index < -0.39 is 10.0 Å². The normalized spacial score (nSPS) is 11.6. The fourth-order valence-corrected chi connectivity index (χ4v) is 3.77. The molecule has 21 heavy (non-hydrogen) atoms. The molecule has 0 fully saturated rings. The van der Waals surface area contributed by atoms with Crippen molar-refractivity contribution in [2.75, 3.05) is 19.4 Å². The molecule has 0 unspecified atom stereocenters. The monoisotopic (exact) mass is 368 g/mol. The molecule has 0 atom stereocenters. The topological polar surface area (TPSA) is 49.4 Å². The molecule has 0 spiro atoms. The molecule has 0 amide bonds. The predicted octanol–water partition coefficient (Wildman–Crippen LogP) is 3.31. The van der Waals surface area contributed by atoms with Crippen LogP contribution in [0.5, 0.6) is 0 Å². The molecule has 0 heterocycles. The summed E-state index contributed by atoms with van der Waals surface area (Å²) in [4.78, 5) is 0.280. The first-order chi connectivity index (χ1) is 9.96. The van der Waals surface area contributed by atoms with Crippen molar-refractivity contribution in [2.24, 2.45) is 0 Å². The fraction of sp³-hybridized carbons (Fsp3) is 0.200. The minimum Gasteiger partial charge on any atom is -0.387 e. The van der Waals surface area contributed by atoms with E-state index in [0.29, 0.717) is 12.2 Å². The van der Waals surface area contributed by atoms with Crippen LogP contribution in [0.3, 0.4) is 0 Å². The van der Waals surface area contributed by atoms with Crippen molar-refractivity contribution >= 4 is 31.6 Å². The van der Waals surface area contributed by atoms with E-state index in [2.05, 4.69) is 21.2 Å². The molecule has 0 aliphatic heterocycles. The zero-order valence-corrected chi connectivity index (χ0v) is 14.3. The van der Waals surface area contributed by atoms with Crippen molar-refractivity contribution in [1.29, 1.82) is 0 Å². The maximum absolute atomic E-state index is 12.7. The van der Waals surface area contributed by atoms with Gasteiger partial charge < -0.3 is 5.32 Å². The lowest BCUT2D eigenvalue weighted by Crippen LogP contribution is -2.27. The molecule has 2 aromatic rings. The smallest absolute Gasteiger partial charge is 0.245 e. The first-order valence-corrected chi connectivity index (χ1v) is 8.66. The Bertz CT molecular complexity index is 732. The predicted molar refractivity (Wildman–Crippen MR) is 88.8 cm³/mol. The highest BCUT2D eigenvalue weighted by Crippen LogP contribution is 2.25. The van der Waals surface area contributed by atoms with Gasteiger partial charge in [0.25, 0.3) is 0 Å². The van der Waals surface area contributed by atoms with Crippen LogP contribution in [0.1, 0.15) is 5.56 Å². The molecule has 0 radical (unpaired) electrons. The van der Waals surface area contributed by atoms with Gasteiger partial charge in [-0.15, -0.1) is 0 Å². The van der Waals surface area contributed by atoms with Gasteiger partial charge in [-0.25, -0.2) is 8.42 Å². The van der Waals surface area contributed by atoms with E-state index in [9.17, 15) is 8.42 Å². The van der Waals surface area contributed by atoms with Crippen LogP contribution in [-0.4, -0.2) is 26.8 Å². The Morgan fingerprint density at radius 3 is 2.38 bits per heavy atom. The Kier molecular flexibility index (Phi) is 5.03. The quantitative estimate of drug-likeness (QED) is 0.880. The van der Waals surface area contributed by atoms with E-state index >= 15 is 0 Å². The second-order valence-corrected chi connectivity index (χ2v) is 7.47. The lowest BCUT2D eigenvalue weighted by molar-refractivity contribution is 0.466. The molecule has 2 aromatic carbocycles. The number of benzene rings is 2. The van der Waals surface area contributed by atoms with Gasteiger partial charge in [0, 0.05) is 25.1 Å². The first kappa shape index (κ1) is 16.0. The molecule has 0 aliphatic rings. The lowest BCUT2D eigenvalue weighted by atomic mass is 10.2. The zero-order chi connectivity index (χ0) is 15.5. The van der Waals surface area contributed by atoms with Gasteiger partial charge in [-0.05, 0) is 23.8 Å². The summed E-state index contributed by atoms with van der Waals surface area (Å²) in [5.41, 5.74) is 1.52. The molecular formula is C15H17BrN2O2S. The number of hydrogen-bond acceptors (Lipinski definition) is 3. The van der Waals surface area contributed by atoms with Crippen LogP contribution in [0.25, 0.3) is 0 Å². The molecular weight excluding hydrogens is 352 g/mol. The Labute approximate surface area is 134 Å². The van der Waals surface area contributed by atoms with Crippen molar-refractivity contribution in [1.82, 2.24) is 4.31 Å². The van der Waals surface area contributed by atoms with E-state index in [1.807, 2.05) is 24.3 Å². The highest BCUT2D eigenvalue weighted by atomic mass is 79.9. The standard InChI is InChI=1S/C15H17BrN2O2S/c1-17-14-9-5-6-10-15(14)21(19,20)18(2)11-12-7-3-4-8-13(12)16/h3-10,17H,11H2,1-2H3. The van der Waals surface area contributed by atoms with Crippen molar-refractivity contribution in [3.63, 3.8) is 0 Å². The number of nitrogens with zero attached hydrogens (tertiary/aromatic N) is 1. The zero-order valence-electron chi connectivity index (χ0n) is 11.9. The van der Waals surface area contributed by atoms with Crippen LogP contribution < -0.4 is 5.32 Å². The first-order valence-electron chi connectivity index (χ1n) is 6.43. The van der Waals surface area contributed by atoms with Crippen LogP contribution in [-0.2, 0) is 16.6 Å². The maximum Gasteiger partial charge on any atom is 0.245 e. The van der Waals surface area contributed by atoms with Crippen LogP contribution >= 0.6 is 15.9 Å². The molecule has 112 valence electrons. The molecule has 0 aliphatic carbocycles. The molecule has 0 aromatic heterocycles. The summed E-state index contributed by atoms with van der Waals surface area (Å²) < 4.78 is 27.6.